The number of nitrogens with zero attached hydrogens (tertiary/aromatic N) is 2. The number of hydrogen-bond donors (Lipinski definition) is 2. The number of hydroxylamine groups is 2. The van der Waals surface area contributed by atoms with Crippen molar-refractivity contribution in [2.75, 3.05) is 5.73 Å². The van der Waals surface area contributed by atoms with Crippen molar-refractivity contribution >= 4 is 20.2 Å². The molecule has 0 fully saturated rings. The molecule has 1 aromatic rings. The number of nitrogens with two attached hydrogens (primary N) is 1. The van der Waals surface area contributed by atoms with Crippen LogP contribution in [0.5, 0.6) is 0 Å². The summed E-state index contributed by atoms with van der Waals surface area (Å²) in [6.07, 6.45) is 0. The first-order chi connectivity index (χ1) is 7.24. The number of fused-ring (bicyclic) bond motifs is 1. The van der Waals surface area contributed by atoms with Crippen molar-refractivity contribution in [3.63, 3.8) is 0 Å². The number of nitriles is 1. The van der Waals surface area contributed by atoms with Crippen molar-refractivity contribution < 1.29 is 5.21 Å². The topological polar surface area (TPSA) is 73.3 Å². The molecule has 0 saturated carbocycles. The Kier molecular flexibility index (Phi) is 2.28. The van der Waals surface area contributed by atoms with E-state index in [1.165, 1.54) is 5.06 Å². The van der Waals surface area contributed by atoms with Gasteiger partial charge in [0.05, 0.1) is 0 Å². The fourth-order valence-corrected chi connectivity index (χ4v) is 5.11. The molecule has 0 amide bonds. The number of hydrogen-bond acceptors (Lipinski definition) is 4. The zero-order chi connectivity index (χ0) is 12.3. The Morgan fingerprint density at radius 1 is 1.31 bits per heavy atom. The Morgan fingerprint density at radius 3 is 2.31 bits per heavy atom. The van der Waals surface area contributed by atoms with Crippen LogP contribution in [0.2, 0.25) is 0 Å². The molecule has 0 unspecified atom stereocenters. The van der Waals surface area contributed by atoms with Gasteiger partial charge in [0.1, 0.15) is 0 Å². The first-order valence-corrected chi connectivity index (χ1v) is 6.78. The van der Waals surface area contributed by atoms with Gasteiger partial charge in [-0.2, -0.15) is 0 Å². The minimum absolute atomic E-state index is 0.0492. The van der Waals surface area contributed by atoms with Crippen molar-refractivity contribution in [3.8, 4) is 6.07 Å². The van der Waals surface area contributed by atoms with E-state index in [4.69, 9.17) is 11.0 Å². The molecular formula is C11H15N3OSe. The van der Waals surface area contributed by atoms with Crippen LogP contribution in [-0.2, 0) is 11.1 Å². The summed E-state index contributed by atoms with van der Waals surface area (Å²) in [4.78, 5) is 0. The van der Waals surface area contributed by atoms with Crippen LogP contribution in [0.25, 0.3) is 0 Å². The predicted octanol–water partition coefficient (Wildman–Crippen LogP) is 1.37. The van der Waals surface area contributed by atoms with Crippen LogP contribution in [0.15, 0.2) is 0 Å². The predicted molar refractivity (Wildman–Crippen MR) is 62.2 cm³/mol. The molecule has 3 N–H and O–H groups in total. The van der Waals surface area contributed by atoms with Gasteiger partial charge in [0, 0.05) is 0 Å². The molecule has 0 aliphatic carbocycles. The van der Waals surface area contributed by atoms with Gasteiger partial charge in [-0.15, -0.1) is 0 Å². The maximum absolute atomic E-state index is 10.2. The Balaban J connectivity index is 2.78. The van der Waals surface area contributed by atoms with E-state index in [9.17, 15) is 5.21 Å². The first kappa shape index (κ1) is 11.7. The second-order valence-electron chi connectivity index (χ2n) is 5.09. The maximum atomic E-state index is 10.2. The van der Waals surface area contributed by atoms with Crippen LogP contribution in [0, 0.1) is 11.3 Å². The van der Waals surface area contributed by atoms with E-state index < -0.39 is 11.1 Å². The van der Waals surface area contributed by atoms with Crippen molar-refractivity contribution in [2.45, 2.75) is 38.8 Å². The molecule has 4 nitrogen and oxygen atoms in total. The summed E-state index contributed by atoms with van der Waals surface area (Å²) >= 11 is -0.0492. The summed E-state index contributed by atoms with van der Waals surface area (Å²) in [5.41, 5.74) is 6.60. The molecule has 2 rings (SSSR count). The van der Waals surface area contributed by atoms with Gasteiger partial charge in [-0.3, -0.25) is 0 Å². The third-order valence-corrected chi connectivity index (χ3v) is 6.26. The third-order valence-electron chi connectivity index (χ3n) is 3.27. The Hall–Kier alpha value is -0.791. The molecule has 2 heterocycles. The Bertz CT molecular complexity index is 496. The summed E-state index contributed by atoms with van der Waals surface area (Å²) in [5.74, 6) is 0. The molecule has 16 heavy (non-hydrogen) atoms. The number of nitrogen functional groups attached to an aromatic ring is 1. The van der Waals surface area contributed by atoms with E-state index in [-0.39, 0.29) is 14.5 Å². The van der Waals surface area contributed by atoms with Crippen molar-refractivity contribution in [1.82, 2.24) is 5.06 Å². The molecule has 0 aromatic carbocycles. The van der Waals surface area contributed by atoms with Gasteiger partial charge >= 0.3 is 101 Å². The van der Waals surface area contributed by atoms with Crippen LogP contribution in [0.4, 0.5) is 5.69 Å². The van der Waals surface area contributed by atoms with Gasteiger partial charge in [-0.1, -0.05) is 0 Å². The number of rotatable bonds is 0. The molecule has 0 bridgehead atoms. The van der Waals surface area contributed by atoms with E-state index in [0.29, 0.717) is 10.1 Å². The molecular weight excluding hydrogens is 269 g/mol. The van der Waals surface area contributed by atoms with Gasteiger partial charge in [0.15, 0.2) is 0 Å². The van der Waals surface area contributed by atoms with Gasteiger partial charge in [0.25, 0.3) is 0 Å². The summed E-state index contributed by atoms with van der Waals surface area (Å²) in [5, 5.41) is 20.6. The molecule has 1 aliphatic heterocycles. The minimum atomic E-state index is -0.511. The third kappa shape index (κ3) is 1.16. The van der Waals surface area contributed by atoms with Crippen molar-refractivity contribution in [1.29, 1.82) is 5.26 Å². The second kappa shape index (κ2) is 3.12. The van der Waals surface area contributed by atoms with Crippen LogP contribution < -0.4 is 5.73 Å². The normalized spacial score (nSPS) is 21.8. The van der Waals surface area contributed by atoms with Gasteiger partial charge in [-0.05, 0) is 0 Å². The Morgan fingerprint density at radius 2 is 1.88 bits per heavy atom. The van der Waals surface area contributed by atoms with Gasteiger partial charge in [0.2, 0.25) is 0 Å². The SMILES string of the molecule is CC1(C)c2[se]c(C#N)c(N)c2C(C)(C)N1O. The van der Waals surface area contributed by atoms with Crippen LogP contribution in [0.3, 0.4) is 0 Å². The molecule has 0 spiro atoms. The molecule has 0 saturated heterocycles. The molecule has 1 aliphatic rings. The quantitative estimate of drug-likeness (QED) is 0.706. The first-order valence-electron chi connectivity index (χ1n) is 5.07. The molecule has 0 radical (unpaired) electrons. The summed E-state index contributed by atoms with van der Waals surface area (Å²) in [6, 6.07) is 2.17. The van der Waals surface area contributed by atoms with E-state index in [1.54, 1.807) is 0 Å². The molecule has 86 valence electrons. The van der Waals surface area contributed by atoms with Crippen LogP contribution in [0.1, 0.15) is 42.1 Å². The average molecular weight is 284 g/mol. The van der Waals surface area contributed by atoms with E-state index in [0.717, 1.165) is 10.0 Å². The molecule has 0 atom stereocenters. The van der Waals surface area contributed by atoms with Crippen LogP contribution >= 0.6 is 0 Å². The van der Waals surface area contributed by atoms with Crippen LogP contribution in [-0.4, -0.2) is 24.8 Å². The van der Waals surface area contributed by atoms with E-state index in [1.807, 2.05) is 27.7 Å². The van der Waals surface area contributed by atoms with Gasteiger partial charge < -0.3 is 0 Å². The summed E-state index contributed by atoms with van der Waals surface area (Å²) in [6.45, 7) is 7.79. The summed E-state index contributed by atoms with van der Waals surface area (Å²) in [7, 11) is 0. The van der Waals surface area contributed by atoms with E-state index >= 15 is 0 Å². The van der Waals surface area contributed by atoms with Crippen molar-refractivity contribution in [2.24, 2.45) is 0 Å². The fraction of sp³-hybridized carbons (Fsp3) is 0.545. The second-order valence-corrected chi connectivity index (χ2v) is 7.23. The average Bonchev–Trinajstić information content (AvgIpc) is 2.59. The zero-order valence-electron chi connectivity index (χ0n) is 9.83. The monoisotopic (exact) mass is 285 g/mol. The number of anilines is 1. The Labute approximate surface area is 101 Å². The standard InChI is InChI=1S/C11H15N3OSe/c1-10(2)7-8(13)6(5-12)16-9(7)11(3,4)14(10)15/h15H,13H2,1-4H3. The van der Waals surface area contributed by atoms with Gasteiger partial charge in [-0.25, -0.2) is 0 Å². The summed E-state index contributed by atoms with van der Waals surface area (Å²) < 4.78 is 1.81. The van der Waals surface area contributed by atoms with Crippen molar-refractivity contribution in [3.05, 3.63) is 14.4 Å². The molecule has 1 aromatic heterocycles. The van der Waals surface area contributed by atoms with E-state index in [2.05, 4.69) is 6.07 Å². The fourth-order valence-electron chi connectivity index (χ4n) is 2.47. The zero-order valence-corrected chi connectivity index (χ0v) is 11.5. The molecule has 5 heteroatoms.